The molecule has 6 nitrogen and oxygen atoms in total. The third-order valence-electron chi connectivity index (χ3n) is 5.59. The number of hydrogen-bond donors (Lipinski definition) is 1. The number of carbonyl (C=O) groups excluding carboxylic acids is 1. The first-order chi connectivity index (χ1) is 13.7. The molecule has 0 saturated carbocycles. The number of aromatic nitrogens is 3. The van der Waals surface area contributed by atoms with E-state index in [-0.39, 0.29) is 17.5 Å². The number of benzene rings is 2. The number of hydrogen-bond acceptors (Lipinski definition) is 3. The molecule has 0 bridgehead atoms. The Morgan fingerprint density at radius 3 is 2.75 bits per heavy atom. The SMILES string of the molecule is O=C(c1c[nH]c2ccccc12)N1CCC[C@@H](n2cnc3ccccc3c2=O)C1. The first-order valence-electron chi connectivity index (χ1n) is 9.53. The summed E-state index contributed by atoms with van der Waals surface area (Å²) in [5.74, 6) is 0.00365. The second-order valence-corrected chi connectivity index (χ2v) is 7.27. The molecule has 6 heteroatoms. The third kappa shape index (κ3) is 2.69. The van der Waals surface area contributed by atoms with Crippen LogP contribution in [0, 0.1) is 0 Å². The molecule has 4 aromatic rings. The van der Waals surface area contributed by atoms with E-state index in [9.17, 15) is 9.59 Å². The lowest BCUT2D eigenvalue weighted by atomic mass is 10.0. The van der Waals surface area contributed by atoms with Gasteiger partial charge in [0, 0.05) is 30.2 Å². The second-order valence-electron chi connectivity index (χ2n) is 7.27. The van der Waals surface area contributed by atoms with Crippen molar-refractivity contribution >= 4 is 27.7 Å². The van der Waals surface area contributed by atoms with Crippen molar-refractivity contribution in [2.75, 3.05) is 13.1 Å². The summed E-state index contributed by atoms with van der Waals surface area (Å²) in [6.07, 6.45) is 5.12. The number of fused-ring (bicyclic) bond motifs is 2. The fourth-order valence-electron chi connectivity index (χ4n) is 4.13. The molecule has 3 heterocycles. The zero-order chi connectivity index (χ0) is 19.1. The predicted octanol–water partition coefficient (Wildman–Crippen LogP) is 3.36. The van der Waals surface area contributed by atoms with Crippen LogP contribution in [-0.2, 0) is 0 Å². The molecule has 2 aromatic carbocycles. The van der Waals surface area contributed by atoms with Crippen LogP contribution in [0.15, 0.2) is 65.8 Å². The number of likely N-dealkylation sites (tertiary alicyclic amines) is 1. The van der Waals surface area contributed by atoms with Crippen LogP contribution in [-0.4, -0.2) is 38.4 Å². The lowest BCUT2D eigenvalue weighted by Crippen LogP contribution is -2.42. The third-order valence-corrected chi connectivity index (χ3v) is 5.59. The average Bonchev–Trinajstić information content (AvgIpc) is 3.18. The molecule has 0 aliphatic carbocycles. The van der Waals surface area contributed by atoms with Crippen molar-refractivity contribution in [1.29, 1.82) is 0 Å². The monoisotopic (exact) mass is 372 g/mol. The van der Waals surface area contributed by atoms with Crippen molar-refractivity contribution in [2.45, 2.75) is 18.9 Å². The first-order valence-corrected chi connectivity index (χ1v) is 9.53. The zero-order valence-corrected chi connectivity index (χ0v) is 15.3. The minimum absolute atomic E-state index is 0.00365. The average molecular weight is 372 g/mol. The van der Waals surface area contributed by atoms with Gasteiger partial charge in [-0.25, -0.2) is 4.98 Å². The van der Waals surface area contributed by atoms with Gasteiger partial charge >= 0.3 is 0 Å². The Morgan fingerprint density at radius 1 is 1.07 bits per heavy atom. The molecular weight excluding hydrogens is 352 g/mol. The fraction of sp³-hybridized carbons (Fsp3) is 0.227. The quantitative estimate of drug-likeness (QED) is 0.587. The molecule has 5 rings (SSSR count). The fourth-order valence-corrected chi connectivity index (χ4v) is 4.13. The molecular formula is C22H20N4O2. The van der Waals surface area contributed by atoms with Gasteiger partial charge in [0.15, 0.2) is 0 Å². The molecule has 1 aliphatic rings. The summed E-state index contributed by atoms with van der Waals surface area (Å²) in [5.41, 5.74) is 2.29. The van der Waals surface area contributed by atoms with Gasteiger partial charge in [-0.15, -0.1) is 0 Å². The van der Waals surface area contributed by atoms with Crippen LogP contribution in [0.2, 0.25) is 0 Å². The van der Waals surface area contributed by atoms with Crippen molar-refractivity contribution < 1.29 is 4.79 Å². The van der Waals surface area contributed by atoms with E-state index >= 15 is 0 Å². The van der Waals surface area contributed by atoms with Crippen LogP contribution in [0.5, 0.6) is 0 Å². The van der Waals surface area contributed by atoms with E-state index in [1.807, 2.05) is 47.4 Å². The molecule has 1 atom stereocenters. The summed E-state index contributed by atoms with van der Waals surface area (Å²) < 4.78 is 1.69. The summed E-state index contributed by atoms with van der Waals surface area (Å²) >= 11 is 0. The number of amides is 1. The van der Waals surface area contributed by atoms with Gasteiger partial charge in [0.1, 0.15) is 0 Å². The summed E-state index contributed by atoms with van der Waals surface area (Å²) in [5, 5.41) is 1.55. The number of piperidine rings is 1. The number of nitrogens with zero attached hydrogens (tertiary/aromatic N) is 3. The van der Waals surface area contributed by atoms with Crippen LogP contribution in [0.25, 0.3) is 21.8 Å². The predicted molar refractivity (Wildman–Crippen MR) is 108 cm³/mol. The lowest BCUT2D eigenvalue weighted by molar-refractivity contribution is 0.0679. The zero-order valence-electron chi connectivity index (χ0n) is 15.3. The van der Waals surface area contributed by atoms with Crippen LogP contribution in [0.1, 0.15) is 29.2 Å². The standard InChI is InChI=1S/C22H20N4O2/c27-21(18-12-23-19-9-3-1-7-16(18)19)25-11-5-6-15(13-25)26-14-24-20-10-4-2-8-17(20)22(26)28/h1-4,7-10,12,14-15,23H,5-6,11,13H2/t15-/m1/s1. The van der Waals surface area contributed by atoms with E-state index in [0.717, 1.165) is 23.7 Å². The highest BCUT2D eigenvalue weighted by molar-refractivity contribution is 6.06. The number of nitrogens with one attached hydrogen (secondary N) is 1. The molecule has 0 radical (unpaired) electrons. The normalized spacial score (nSPS) is 17.3. The van der Waals surface area contributed by atoms with Crippen molar-refractivity contribution in [3.8, 4) is 0 Å². The number of H-pyrrole nitrogens is 1. The van der Waals surface area contributed by atoms with Gasteiger partial charge in [-0.1, -0.05) is 30.3 Å². The smallest absolute Gasteiger partial charge is 0.261 e. The van der Waals surface area contributed by atoms with Gasteiger partial charge in [0.25, 0.3) is 11.5 Å². The molecule has 1 saturated heterocycles. The van der Waals surface area contributed by atoms with E-state index in [1.54, 1.807) is 23.2 Å². The molecule has 140 valence electrons. The molecule has 1 aliphatic heterocycles. The Kier molecular flexibility index (Phi) is 3.97. The van der Waals surface area contributed by atoms with Crippen molar-refractivity contribution in [3.63, 3.8) is 0 Å². The second kappa shape index (κ2) is 6.64. The van der Waals surface area contributed by atoms with Crippen LogP contribution < -0.4 is 5.56 Å². The molecule has 28 heavy (non-hydrogen) atoms. The minimum Gasteiger partial charge on any atom is -0.360 e. The number of para-hydroxylation sites is 2. The Hall–Kier alpha value is -3.41. The summed E-state index contributed by atoms with van der Waals surface area (Å²) in [7, 11) is 0. The topological polar surface area (TPSA) is 71.0 Å². The van der Waals surface area contributed by atoms with Gasteiger partial charge < -0.3 is 9.88 Å². The van der Waals surface area contributed by atoms with Crippen molar-refractivity contribution in [2.24, 2.45) is 0 Å². The maximum absolute atomic E-state index is 13.2. The lowest BCUT2D eigenvalue weighted by Gasteiger charge is -2.33. The number of carbonyl (C=O) groups is 1. The van der Waals surface area contributed by atoms with Crippen LogP contribution in [0.3, 0.4) is 0 Å². The maximum atomic E-state index is 13.2. The summed E-state index contributed by atoms with van der Waals surface area (Å²) in [6.45, 7) is 1.21. The van der Waals surface area contributed by atoms with E-state index in [0.29, 0.717) is 29.6 Å². The van der Waals surface area contributed by atoms with Gasteiger partial charge in [-0.3, -0.25) is 14.2 Å². The van der Waals surface area contributed by atoms with E-state index < -0.39 is 0 Å². The molecule has 1 fully saturated rings. The Labute approximate surface area is 161 Å². The van der Waals surface area contributed by atoms with E-state index in [2.05, 4.69) is 9.97 Å². The Morgan fingerprint density at radius 2 is 1.86 bits per heavy atom. The highest BCUT2D eigenvalue weighted by Crippen LogP contribution is 2.25. The van der Waals surface area contributed by atoms with Crippen LogP contribution in [0.4, 0.5) is 0 Å². The highest BCUT2D eigenvalue weighted by Gasteiger charge is 2.27. The van der Waals surface area contributed by atoms with Gasteiger partial charge in [0.2, 0.25) is 0 Å². The molecule has 1 N–H and O–H groups in total. The Bertz CT molecular complexity index is 1240. The van der Waals surface area contributed by atoms with Crippen LogP contribution >= 0.6 is 0 Å². The highest BCUT2D eigenvalue weighted by atomic mass is 16.2. The van der Waals surface area contributed by atoms with E-state index in [4.69, 9.17) is 0 Å². The maximum Gasteiger partial charge on any atom is 0.261 e. The minimum atomic E-state index is -0.0625. The van der Waals surface area contributed by atoms with Gasteiger partial charge in [-0.05, 0) is 31.0 Å². The summed E-state index contributed by atoms with van der Waals surface area (Å²) in [4.78, 5) is 35.5. The molecule has 0 spiro atoms. The molecule has 2 aromatic heterocycles. The molecule has 0 unspecified atom stereocenters. The molecule has 1 amide bonds. The Balaban J connectivity index is 1.46. The summed E-state index contributed by atoms with van der Waals surface area (Å²) in [6, 6.07) is 15.1. The van der Waals surface area contributed by atoms with Gasteiger partial charge in [0.05, 0.1) is 28.8 Å². The largest absolute Gasteiger partial charge is 0.360 e. The first kappa shape index (κ1) is 16.7. The van der Waals surface area contributed by atoms with E-state index in [1.165, 1.54) is 0 Å². The number of rotatable bonds is 2. The van der Waals surface area contributed by atoms with Crippen molar-refractivity contribution in [3.05, 3.63) is 77.0 Å². The van der Waals surface area contributed by atoms with Crippen molar-refractivity contribution in [1.82, 2.24) is 19.4 Å². The van der Waals surface area contributed by atoms with Gasteiger partial charge in [-0.2, -0.15) is 0 Å². The number of aromatic amines is 1.